The van der Waals surface area contributed by atoms with Gasteiger partial charge in [0.1, 0.15) is 17.1 Å². The monoisotopic (exact) mass is 326 g/mol. The molecule has 0 amide bonds. The van der Waals surface area contributed by atoms with E-state index in [9.17, 15) is 5.11 Å². The first kappa shape index (κ1) is 18.4. The maximum atomic E-state index is 10.2. The number of aryl methyl sites for hydroxylation is 1. The highest BCUT2D eigenvalue weighted by Gasteiger charge is 2.26. The van der Waals surface area contributed by atoms with Crippen molar-refractivity contribution in [3.05, 3.63) is 52.1 Å². The summed E-state index contributed by atoms with van der Waals surface area (Å²) in [7, 11) is 0. The third-order valence-corrected chi connectivity index (χ3v) is 4.39. The van der Waals surface area contributed by atoms with Crippen LogP contribution in [0.2, 0.25) is 0 Å². The van der Waals surface area contributed by atoms with Gasteiger partial charge in [0.05, 0.1) is 5.56 Å². The van der Waals surface area contributed by atoms with E-state index in [1.165, 1.54) is 16.7 Å². The van der Waals surface area contributed by atoms with Crippen LogP contribution in [0.25, 0.3) is 6.08 Å². The number of hydrogen-bond donors (Lipinski definition) is 1. The first-order chi connectivity index (χ1) is 11.2. The molecular weight excluding hydrogens is 296 g/mol. The zero-order valence-corrected chi connectivity index (χ0v) is 15.9. The first-order valence-electron chi connectivity index (χ1n) is 8.72. The smallest absolute Gasteiger partial charge is 0.135 e. The maximum absolute atomic E-state index is 10.2. The molecule has 130 valence electrons. The van der Waals surface area contributed by atoms with Crippen molar-refractivity contribution in [2.24, 2.45) is 0 Å². The Balaban J connectivity index is 2.25. The highest BCUT2D eigenvalue weighted by atomic mass is 16.5. The van der Waals surface area contributed by atoms with E-state index >= 15 is 0 Å². The second-order valence-electron chi connectivity index (χ2n) is 7.55. The molecule has 1 aliphatic rings. The topological polar surface area (TPSA) is 29.5 Å². The largest absolute Gasteiger partial charge is 0.507 e. The molecule has 0 saturated carbocycles. The fraction of sp³-hybridized carbons (Fsp3) is 0.455. The van der Waals surface area contributed by atoms with Crippen LogP contribution in [0.1, 0.15) is 64.2 Å². The summed E-state index contributed by atoms with van der Waals surface area (Å²) >= 11 is 0. The number of aromatic hydroxyl groups is 1. The minimum atomic E-state index is -0.343. The number of ether oxygens (including phenoxy) is 1. The van der Waals surface area contributed by atoms with Gasteiger partial charge in [-0.25, -0.2) is 0 Å². The third-order valence-electron chi connectivity index (χ3n) is 4.39. The SMILES string of the molecule is CC(C)=CCCC(C)=CCc1c(C)cc(O)c2c1OC(C)(C)C=C2. The van der Waals surface area contributed by atoms with Crippen LogP contribution in [0.4, 0.5) is 0 Å². The number of benzene rings is 1. The Labute approximate surface area is 146 Å². The highest BCUT2D eigenvalue weighted by molar-refractivity contribution is 5.70. The van der Waals surface area contributed by atoms with Crippen LogP contribution in [0.3, 0.4) is 0 Å². The van der Waals surface area contributed by atoms with E-state index in [2.05, 4.69) is 32.9 Å². The molecule has 1 aliphatic heterocycles. The van der Waals surface area contributed by atoms with E-state index in [1.807, 2.05) is 39.0 Å². The number of fused-ring (bicyclic) bond motifs is 1. The van der Waals surface area contributed by atoms with Crippen LogP contribution < -0.4 is 4.74 Å². The lowest BCUT2D eigenvalue weighted by molar-refractivity contribution is 0.156. The van der Waals surface area contributed by atoms with Crippen molar-refractivity contribution < 1.29 is 9.84 Å². The van der Waals surface area contributed by atoms with Crippen molar-refractivity contribution in [3.8, 4) is 11.5 Å². The molecule has 0 bridgehead atoms. The van der Waals surface area contributed by atoms with Crippen molar-refractivity contribution in [1.29, 1.82) is 0 Å². The molecule has 0 spiro atoms. The van der Waals surface area contributed by atoms with Crippen LogP contribution in [0.15, 0.2) is 35.4 Å². The van der Waals surface area contributed by atoms with Gasteiger partial charge in [-0.1, -0.05) is 23.3 Å². The van der Waals surface area contributed by atoms with Gasteiger partial charge < -0.3 is 9.84 Å². The molecule has 24 heavy (non-hydrogen) atoms. The van der Waals surface area contributed by atoms with Gasteiger partial charge in [-0.15, -0.1) is 0 Å². The van der Waals surface area contributed by atoms with Crippen molar-refractivity contribution >= 4 is 6.08 Å². The van der Waals surface area contributed by atoms with Crippen LogP contribution in [-0.2, 0) is 6.42 Å². The average molecular weight is 326 g/mol. The van der Waals surface area contributed by atoms with Gasteiger partial charge in [0, 0.05) is 5.56 Å². The first-order valence-corrected chi connectivity index (χ1v) is 8.72. The number of phenols is 1. The molecule has 1 heterocycles. The quantitative estimate of drug-likeness (QED) is 0.660. The number of hydrogen-bond acceptors (Lipinski definition) is 2. The summed E-state index contributed by atoms with van der Waals surface area (Å²) in [6.45, 7) is 12.6. The van der Waals surface area contributed by atoms with E-state index in [0.29, 0.717) is 5.75 Å². The van der Waals surface area contributed by atoms with Gasteiger partial charge in [0.25, 0.3) is 0 Å². The normalized spacial score (nSPS) is 15.7. The summed E-state index contributed by atoms with van der Waals surface area (Å²) in [6, 6.07) is 1.84. The molecule has 0 radical (unpaired) electrons. The third kappa shape index (κ3) is 4.53. The molecule has 0 aliphatic carbocycles. The highest BCUT2D eigenvalue weighted by Crippen LogP contribution is 2.41. The fourth-order valence-corrected chi connectivity index (χ4v) is 2.91. The lowest BCUT2D eigenvalue weighted by Gasteiger charge is -2.30. The zero-order chi connectivity index (χ0) is 17.9. The van der Waals surface area contributed by atoms with Crippen molar-refractivity contribution in [1.82, 2.24) is 0 Å². The van der Waals surface area contributed by atoms with Crippen LogP contribution in [0, 0.1) is 6.92 Å². The summed E-state index contributed by atoms with van der Waals surface area (Å²) < 4.78 is 6.17. The van der Waals surface area contributed by atoms with Crippen molar-refractivity contribution in [2.45, 2.75) is 66.4 Å². The van der Waals surface area contributed by atoms with Gasteiger partial charge >= 0.3 is 0 Å². The van der Waals surface area contributed by atoms with Gasteiger partial charge in [0.2, 0.25) is 0 Å². The Bertz CT molecular complexity index is 699. The lowest BCUT2D eigenvalue weighted by Crippen LogP contribution is -2.28. The Hall–Kier alpha value is -1.96. The van der Waals surface area contributed by atoms with Crippen molar-refractivity contribution in [2.75, 3.05) is 0 Å². The average Bonchev–Trinajstić information content (AvgIpc) is 2.45. The number of rotatable bonds is 5. The molecule has 1 aromatic carbocycles. The summed E-state index contributed by atoms with van der Waals surface area (Å²) in [5.41, 5.74) is 5.45. The Morgan fingerprint density at radius 1 is 1.21 bits per heavy atom. The van der Waals surface area contributed by atoms with E-state index in [0.717, 1.165) is 36.1 Å². The molecule has 0 unspecified atom stereocenters. The minimum Gasteiger partial charge on any atom is -0.507 e. The molecule has 1 aromatic rings. The summed E-state index contributed by atoms with van der Waals surface area (Å²) in [6.07, 6.45) is 11.5. The lowest BCUT2D eigenvalue weighted by atomic mass is 9.94. The van der Waals surface area contributed by atoms with Crippen LogP contribution >= 0.6 is 0 Å². The van der Waals surface area contributed by atoms with Gasteiger partial charge in [-0.05, 0) is 84.6 Å². The van der Waals surface area contributed by atoms with Crippen LogP contribution in [0.5, 0.6) is 11.5 Å². The van der Waals surface area contributed by atoms with Crippen LogP contribution in [-0.4, -0.2) is 10.7 Å². The molecule has 2 rings (SSSR count). The Morgan fingerprint density at radius 3 is 2.58 bits per heavy atom. The molecule has 0 atom stereocenters. The van der Waals surface area contributed by atoms with E-state index < -0.39 is 0 Å². The van der Waals surface area contributed by atoms with Gasteiger partial charge in [-0.3, -0.25) is 0 Å². The molecule has 0 fully saturated rings. The van der Waals surface area contributed by atoms with Gasteiger partial charge in [0.15, 0.2) is 0 Å². The minimum absolute atomic E-state index is 0.294. The predicted molar refractivity (Wildman–Crippen MR) is 103 cm³/mol. The van der Waals surface area contributed by atoms with Crippen molar-refractivity contribution in [3.63, 3.8) is 0 Å². The van der Waals surface area contributed by atoms with E-state index in [-0.39, 0.29) is 5.60 Å². The predicted octanol–water partition coefficient (Wildman–Crippen LogP) is 6.12. The van der Waals surface area contributed by atoms with Gasteiger partial charge in [-0.2, -0.15) is 0 Å². The fourth-order valence-electron chi connectivity index (χ4n) is 2.91. The summed E-state index contributed by atoms with van der Waals surface area (Å²) in [4.78, 5) is 0. The molecular formula is C22H30O2. The number of allylic oxidation sites excluding steroid dienone is 4. The maximum Gasteiger partial charge on any atom is 0.135 e. The van der Waals surface area contributed by atoms with E-state index in [4.69, 9.17) is 4.74 Å². The summed E-state index contributed by atoms with van der Waals surface area (Å²) in [5, 5.41) is 10.2. The Kier molecular flexibility index (Phi) is 5.58. The molecule has 2 heteroatoms. The zero-order valence-electron chi connectivity index (χ0n) is 15.9. The molecule has 2 nitrogen and oxygen atoms in total. The standard InChI is InChI=1S/C22H30O2/c1-15(2)8-7-9-16(3)10-11-18-17(4)14-20(23)19-12-13-22(5,6)24-21(18)19/h8,10,12-14,23H,7,9,11H2,1-6H3. The Morgan fingerprint density at radius 2 is 1.92 bits per heavy atom. The molecule has 0 saturated heterocycles. The second-order valence-corrected chi connectivity index (χ2v) is 7.55. The number of phenolic OH excluding ortho intramolecular Hbond substituents is 1. The summed E-state index contributed by atoms with van der Waals surface area (Å²) in [5.74, 6) is 1.12. The molecule has 1 N–H and O–H groups in total. The second kappa shape index (κ2) is 7.29. The van der Waals surface area contributed by atoms with E-state index in [1.54, 1.807) is 0 Å². The molecule has 0 aromatic heterocycles.